The third-order valence-electron chi connectivity index (χ3n) is 8.17. The van der Waals surface area contributed by atoms with Crippen LogP contribution in [0.15, 0.2) is 65.6 Å². The number of hydrogen-bond acceptors (Lipinski definition) is 7. The van der Waals surface area contributed by atoms with E-state index in [-0.39, 0.29) is 23.3 Å². The van der Waals surface area contributed by atoms with Crippen molar-refractivity contribution in [3.05, 3.63) is 82.1 Å². The number of hydrogen-bond donors (Lipinski definition) is 3. The van der Waals surface area contributed by atoms with Crippen molar-refractivity contribution in [2.75, 3.05) is 39.7 Å². The number of nitrogens with one attached hydrogen (secondary N) is 3. The lowest BCUT2D eigenvalue weighted by molar-refractivity contribution is -0.121. The Labute approximate surface area is 262 Å². The third-order valence-corrected chi connectivity index (χ3v) is 8.17. The lowest BCUT2D eigenvalue weighted by atomic mass is 9.95. The summed E-state index contributed by atoms with van der Waals surface area (Å²) >= 11 is 0. The van der Waals surface area contributed by atoms with Crippen LogP contribution in [0.5, 0.6) is 17.2 Å². The van der Waals surface area contributed by atoms with Gasteiger partial charge in [-0.05, 0) is 71.7 Å². The van der Waals surface area contributed by atoms with E-state index in [9.17, 15) is 14.4 Å². The summed E-state index contributed by atoms with van der Waals surface area (Å²) in [5.41, 5.74) is 4.55. The summed E-state index contributed by atoms with van der Waals surface area (Å²) in [4.78, 5) is 38.1. The molecule has 2 amide bonds. The van der Waals surface area contributed by atoms with Crippen LogP contribution in [-0.2, 0) is 22.6 Å². The Morgan fingerprint density at radius 2 is 1.76 bits per heavy atom. The molecule has 0 radical (unpaired) electrons. The molecule has 5 rings (SSSR count). The van der Waals surface area contributed by atoms with Crippen molar-refractivity contribution < 1.29 is 23.8 Å². The highest BCUT2D eigenvalue weighted by Gasteiger charge is 2.29. The minimum absolute atomic E-state index is 0.0350. The van der Waals surface area contributed by atoms with Gasteiger partial charge in [0.05, 0.1) is 33.1 Å². The molecule has 0 saturated heterocycles. The van der Waals surface area contributed by atoms with Gasteiger partial charge in [0.2, 0.25) is 23.0 Å². The van der Waals surface area contributed by atoms with Gasteiger partial charge in [-0.1, -0.05) is 24.3 Å². The number of nitrogens with zero attached hydrogens (tertiary/aromatic N) is 1. The zero-order chi connectivity index (χ0) is 31.9. The van der Waals surface area contributed by atoms with E-state index in [4.69, 9.17) is 14.2 Å². The zero-order valence-corrected chi connectivity index (χ0v) is 26.2. The molecule has 1 atom stereocenters. The minimum Gasteiger partial charge on any atom is -0.493 e. The molecule has 1 heterocycles. The highest BCUT2D eigenvalue weighted by molar-refractivity contribution is 5.84. The average Bonchev–Trinajstić information content (AvgIpc) is 3.30. The van der Waals surface area contributed by atoms with Crippen molar-refractivity contribution >= 4 is 28.4 Å². The van der Waals surface area contributed by atoms with Crippen LogP contribution in [0.1, 0.15) is 43.4 Å². The van der Waals surface area contributed by atoms with E-state index >= 15 is 0 Å². The van der Waals surface area contributed by atoms with Crippen LogP contribution in [0.25, 0.3) is 22.0 Å². The number of carbonyl (C=O) groups is 2. The summed E-state index contributed by atoms with van der Waals surface area (Å²) in [7, 11) is 4.70. The number of aryl methyl sites for hydroxylation is 1. The first-order chi connectivity index (χ1) is 21.8. The molecule has 0 bridgehead atoms. The highest BCUT2D eigenvalue weighted by atomic mass is 16.5. The van der Waals surface area contributed by atoms with Crippen molar-refractivity contribution in [2.45, 2.75) is 45.2 Å². The van der Waals surface area contributed by atoms with E-state index in [1.165, 1.54) is 12.3 Å². The maximum Gasteiger partial charge on any atom is 0.220 e. The summed E-state index contributed by atoms with van der Waals surface area (Å²) in [5.74, 6) is 1.28. The normalized spacial score (nSPS) is 13.6. The maximum absolute atomic E-state index is 13.5. The number of carbonyl (C=O) groups excluding carboxylic acids is 2. The molecule has 1 aliphatic rings. The van der Waals surface area contributed by atoms with Crippen molar-refractivity contribution in [1.82, 2.24) is 15.2 Å². The summed E-state index contributed by atoms with van der Waals surface area (Å²) in [5, 5.41) is 10.4. The van der Waals surface area contributed by atoms with E-state index in [2.05, 4.69) is 38.7 Å². The lowest BCUT2D eigenvalue weighted by Crippen LogP contribution is -2.27. The van der Waals surface area contributed by atoms with E-state index in [1.54, 1.807) is 33.5 Å². The van der Waals surface area contributed by atoms with Crippen molar-refractivity contribution in [1.29, 1.82) is 0 Å². The van der Waals surface area contributed by atoms with Crippen LogP contribution in [-0.4, -0.2) is 50.8 Å². The molecule has 10 heteroatoms. The Kier molecular flexibility index (Phi) is 9.92. The number of para-hydroxylation sites is 1. The van der Waals surface area contributed by atoms with Crippen molar-refractivity contribution in [3.63, 3.8) is 0 Å². The molecule has 0 saturated carbocycles. The van der Waals surface area contributed by atoms with Crippen molar-refractivity contribution in [3.8, 4) is 28.4 Å². The van der Waals surface area contributed by atoms with Gasteiger partial charge < -0.3 is 34.7 Å². The van der Waals surface area contributed by atoms with Gasteiger partial charge in [-0.3, -0.25) is 14.4 Å². The topological polar surface area (TPSA) is 120 Å². The molecule has 10 nitrogen and oxygen atoms in total. The molecule has 0 spiro atoms. The number of fused-ring (bicyclic) bond motifs is 4. The molecule has 3 N–H and O–H groups in total. The number of ether oxygens (including phenoxy) is 3. The zero-order valence-electron chi connectivity index (χ0n) is 26.2. The Morgan fingerprint density at radius 1 is 0.956 bits per heavy atom. The summed E-state index contributed by atoms with van der Waals surface area (Å²) in [6, 6.07) is 17.0. The molecular weight excluding hydrogens is 572 g/mol. The second-order valence-electron chi connectivity index (χ2n) is 11.0. The predicted octanol–water partition coefficient (Wildman–Crippen LogP) is 4.83. The van der Waals surface area contributed by atoms with Gasteiger partial charge in [0.1, 0.15) is 0 Å². The standard InChI is InChI=1S/C35H40N4O6/c1-22(40)38-27-13-11-24-20-31(43-2)34(44-3)35(45-4)33(24)25-12-14-28(30(41)21-26(25)27)36-16-7-10-32(42)37-17-19-39-18-15-23-8-5-6-9-29(23)39/h5-6,8-9,12,14-15,18,20-21,27H,7,10-11,13,16-17,19H2,1-4H3,(H,36,41)(H,37,42)(H,38,40)/t27-/m0/s1. The molecule has 1 aliphatic carbocycles. The van der Waals surface area contributed by atoms with Crippen LogP contribution < -0.4 is 35.6 Å². The fourth-order valence-corrected chi connectivity index (χ4v) is 6.07. The van der Waals surface area contributed by atoms with Gasteiger partial charge >= 0.3 is 0 Å². The van der Waals surface area contributed by atoms with Gasteiger partial charge in [0.25, 0.3) is 0 Å². The Balaban J connectivity index is 1.30. The Bertz CT molecular complexity index is 1770. The Hall–Kier alpha value is -4.99. The number of benzene rings is 2. The number of rotatable bonds is 12. The average molecular weight is 613 g/mol. The fourth-order valence-electron chi connectivity index (χ4n) is 6.07. The third kappa shape index (κ3) is 6.90. The van der Waals surface area contributed by atoms with E-state index in [0.717, 1.165) is 22.2 Å². The molecule has 0 fully saturated rings. The second kappa shape index (κ2) is 14.2. The number of anilines is 1. The molecule has 236 valence electrons. The monoisotopic (exact) mass is 612 g/mol. The van der Waals surface area contributed by atoms with Crippen LogP contribution in [0.3, 0.4) is 0 Å². The number of methoxy groups -OCH3 is 3. The predicted molar refractivity (Wildman–Crippen MR) is 175 cm³/mol. The maximum atomic E-state index is 13.5. The first-order valence-corrected chi connectivity index (χ1v) is 15.2. The van der Waals surface area contributed by atoms with E-state index < -0.39 is 0 Å². The van der Waals surface area contributed by atoms with E-state index in [0.29, 0.717) is 73.8 Å². The molecule has 45 heavy (non-hydrogen) atoms. The van der Waals surface area contributed by atoms with Gasteiger partial charge in [-0.2, -0.15) is 0 Å². The van der Waals surface area contributed by atoms with Gasteiger partial charge in [0, 0.05) is 50.3 Å². The largest absolute Gasteiger partial charge is 0.493 e. The summed E-state index contributed by atoms with van der Waals surface area (Å²) in [6.07, 6.45) is 4.12. The quantitative estimate of drug-likeness (QED) is 0.196. The van der Waals surface area contributed by atoms with Crippen LogP contribution in [0, 0.1) is 0 Å². The molecule has 4 aromatic rings. The van der Waals surface area contributed by atoms with Gasteiger partial charge in [-0.15, -0.1) is 0 Å². The van der Waals surface area contributed by atoms with Crippen LogP contribution in [0.2, 0.25) is 0 Å². The molecule has 0 aliphatic heterocycles. The first-order valence-electron chi connectivity index (χ1n) is 15.2. The second-order valence-corrected chi connectivity index (χ2v) is 11.0. The fraction of sp³-hybridized carbons (Fsp3) is 0.343. The summed E-state index contributed by atoms with van der Waals surface area (Å²) in [6.45, 7) is 3.14. The summed E-state index contributed by atoms with van der Waals surface area (Å²) < 4.78 is 19.2. The SMILES string of the molecule is COc1cc2c(c(OC)c1OC)-c1ccc(NCCCC(=O)NCCn3ccc4ccccc43)c(=O)cc1[C@@H](NC(C)=O)CC2. The first kappa shape index (κ1) is 31.4. The Morgan fingerprint density at radius 3 is 2.51 bits per heavy atom. The number of amides is 2. The van der Waals surface area contributed by atoms with Crippen LogP contribution in [0.4, 0.5) is 5.69 Å². The van der Waals surface area contributed by atoms with Gasteiger partial charge in [0.15, 0.2) is 11.5 Å². The van der Waals surface area contributed by atoms with Gasteiger partial charge in [-0.25, -0.2) is 0 Å². The lowest BCUT2D eigenvalue weighted by Gasteiger charge is -2.19. The molecule has 0 unspecified atom stereocenters. The molecule has 1 aromatic heterocycles. The highest BCUT2D eigenvalue weighted by Crippen LogP contribution is 2.50. The molecular formula is C35H40N4O6. The minimum atomic E-state index is -0.382. The molecule has 3 aromatic carbocycles. The smallest absolute Gasteiger partial charge is 0.220 e. The van der Waals surface area contributed by atoms with Crippen LogP contribution >= 0.6 is 0 Å². The van der Waals surface area contributed by atoms with Crippen molar-refractivity contribution in [2.24, 2.45) is 0 Å². The van der Waals surface area contributed by atoms with E-state index in [1.807, 2.05) is 30.5 Å². The number of aromatic nitrogens is 1.